The van der Waals surface area contributed by atoms with E-state index in [9.17, 15) is 9.90 Å². The average molecular weight is 238 g/mol. The summed E-state index contributed by atoms with van der Waals surface area (Å²) < 4.78 is 4.75. The second-order valence-corrected chi connectivity index (χ2v) is 3.74. The molecule has 0 saturated heterocycles. The maximum atomic E-state index is 11.7. The summed E-state index contributed by atoms with van der Waals surface area (Å²) in [6.07, 6.45) is -0.716. The van der Waals surface area contributed by atoms with Crippen LogP contribution >= 0.6 is 0 Å². The molecule has 0 aliphatic carbocycles. The van der Waals surface area contributed by atoms with Crippen molar-refractivity contribution in [1.29, 1.82) is 0 Å². The molecule has 94 valence electrons. The van der Waals surface area contributed by atoms with Gasteiger partial charge in [-0.05, 0) is 5.56 Å². The van der Waals surface area contributed by atoms with Crippen molar-refractivity contribution < 1.29 is 14.6 Å². The lowest BCUT2D eigenvalue weighted by atomic mass is 10.1. The highest BCUT2D eigenvalue weighted by atomic mass is 16.5. The number of hydrogen-bond donors (Lipinski definition) is 3. The van der Waals surface area contributed by atoms with Gasteiger partial charge in [-0.15, -0.1) is 0 Å². The average Bonchev–Trinajstić information content (AvgIpc) is 2.36. The molecule has 0 saturated carbocycles. The fourth-order valence-electron chi connectivity index (χ4n) is 1.39. The van der Waals surface area contributed by atoms with E-state index in [4.69, 9.17) is 10.5 Å². The minimum absolute atomic E-state index is 0.132. The van der Waals surface area contributed by atoms with Gasteiger partial charge < -0.3 is 20.9 Å². The van der Waals surface area contributed by atoms with Gasteiger partial charge >= 0.3 is 0 Å². The normalized spacial score (nSPS) is 14.1. The minimum Gasteiger partial charge on any atom is -0.389 e. The molecule has 0 heterocycles. The first-order valence-corrected chi connectivity index (χ1v) is 5.40. The Labute approximate surface area is 101 Å². The van der Waals surface area contributed by atoms with Gasteiger partial charge in [0.2, 0.25) is 5.91 Å². The van der Waals surface area contributed by atoms with E-state index in [1.807, 2.05) is 18.2 Å². The number of rotatable bonds is 6. The molecule has 0 radical (unpaired) electrons. The fourth-order valence-corrected chi connectivity index (χ4v) is 1.39. The Morgan fingerprint density at radius 3 is 2.71 bits per heavy atom. The first-order valence-electron chi connectivity index (χ1n) is 5.40. The summed E-state index contributed by atoms with van der Waals surface area (Å²) in [6.45, 7) is 0.314. The summed E-state index contributed by atoms with van der Waals surface area (Å²) in [5, 5.41) is 11.9. The molecule has 1 amide bonds. The highest BCUT2D eigenvalue weighted by Crippen LogP contribution is 2.08. The summed E-state index contributed by atoms with van der Waals surface area (Å²) in [7, 11) is 1.49. The zero-order valence-corrected chi connectivity index (χ0v) is 9.80. The molecule has 5 heteroatoms. The van der Waals surface area contributed by atoms with Crippen LogP contribution in [0.15, 0.2) is 30.3 Å². The molecular weight excluding hydrogens is 220 g/mol. The molecule has 1 aromatic carbocycles. The Hall–Kier alpha value is -1.43. The monoisotopic (exact) mass is 238 g/mol. The van der Waals surface area contributed by atoms with Crippen LogP contribution in [0, 0.1) is 0 Å². The van der Waals surface area contributed by atoms with Gasteiger partial charge in [0.05, 0.1) is 12.7 Å². The molecule has 0 aliphatic rings. The lowest BCUT2D eigenvalue weighted by Crippen LogP contribution is -2.39. The topological polar surface area (TPSA) is 84.6 Å². The van der Waals surface area contributed by atoms with Crippen LogP contribution in [0.2, 0.25) is 0 Å². The molecule has 4 N–H and O–H groups in total. The third kappa shape index (κ3) is 4.52. The summed E-state index contributed by atoms with van der Waals surface area (Å²) in [5.74, 6) is -0.314. The summed E-state index contributed by atoms with van der Waals surface area (Å²) >= 11 is 0. The van der Waals surface area contributed by atoms with E-state index in [0.717, 1.165) is 5.56 Å². The molecule has 0 spiro atoms. The van der Waals surface area contributed by atoms with Crippen LogP contribution in [0.25, 0.3) is 0 Å². The first-order chi connectivity index (χ1) is 8.15. The largest absolute Gasteiger partial charge is 0.389 e. The highest BCUT2D eigenvalue weighted by molar-refractivity contribution is 5.82. The SMILES string of the molecule is COCC(O)CNC(=O)[C@@H](N)c1ccccc1. The van der Waals surface area contributed by atoms with Gasteiger partial charge in [-0.2, -0.15) is 0 Å². The van der Waals surface area contributed by atoms with Crippen molar-refractivity contribution in [3.05, 3.63) is 35.9 Å². The number of carbonyl (C=O) groups excluding carboxylic acids is 1. The molecule has 0 bridgehead atoms. The Kier molecular flexibility index (Phi) is 5.62. The van der Waals surface area contributed by atoms with Gasteiger partial charge in [-0.1, -0.05) is 30.3 Å². The van der Waals surface area contributed by atoms with Gasteiger partial charge in [-0.25, -0.2) is 0 Å². The smallest absolute Gasteiger partial charge is 0.241 e. The Morgan fingerprint density at radius 2 is 2.12 bits per heavy atom. The molecule has 1 rings (SSSR count). The molecule has 5 nitrogen and oxygen atoms in total. The van der Waals surface area contributed by atoms with Crippen molar-refractivity contribution in [2.24, 2.45) is 5.73 Å². The molecule has 0 aliphatic heterocycles. The molecular formula is C12H18N2O3. The molecule has 1 unspecified atom stereocenters. The Balaban J connectivity index is 2.43. The Morgan fingerprint density at radius 1 is 1.47 bits per heavy atom. The van der Waals surface area contributed by atoms with E-state index in [-0.39, 0.29) is 19.1 Å². The van der Waals surface area contributed by atoms with E-state index in [0.29, 0.717) is 0 Å². The van der Waals surface area contributed by atoms with E-state index in [1.165, 1.54) is 7.11 Å². The van der Waals surface area contributed by atoms with Gasteiger partial charge in [-0.3, -0.25) is 4.79 Å². The number of hydrogen-bond acceptors (Lipinski definition) is 4. The number of ether oxygens (including phenoxy) is 1. The number of carbonyl (C=O) groups is 1. The van der Waals surface area contributed by atoms with Crippen molar-refractivity contribution in [2.75, 3.05) is 20.3 Å². The van der Waals surface area contributed by atoms with Crippen LogP contribution < -0.4 is 11.1 Å². The zero-order valence-electron chi connectivity index (χ0n) is 9.80. The van der Waals surface area contributed by atoms with Crippen LogP contribution in [0.1, 0.15) is 11.6 Å². The fraction of sp³-hybridized carbons (Fsp3) is 0.417. The van der Waals surface area contributed by atoms with Crippen LogP contribution in [0.5, 0.6) is 0 Å². The Bertz CT molecular complexity index is 343. The van der Waals surface area contributed by atoms with Gasteiger partial charge in [0.25, 0.3) is 0 Å². The van der Waals surface area contributed by atoms with Gasteiger partial charge in [0.15, 0.2) is 0 Å². The number of methoxy groups -OCH3 is 1. The number of benzene rings is 1. The zero-order chi connectivity index (χ0) is 12.7. The second kappa shape index (κ2) is 7.01. The second-order valence-electron chi connectivity index (χ2n) is 3.74. The standard InChI is InChI=1S/C12H18N2O3/c1-17-8-10(15)7-14-12(16)11(13)9-5-3-2-4-6-9/h2-6,10-11,15H,7-8,13H2,1H3,(H,14,16)/t10?,11-/m0/s1. The number of aliphatic hydroxyl groups excluding tert-OH is 1. The third-order valence-electron chi connectivity index (χ3n) is 2.31. The van der Waals surface area contributed by atoms with E-state index >= 15 is 0 Å². The predicted octanol–water partition coefficient (Wildman–Crippen LogP) is -0.190. The lowest BCUT2D eigenvalue weighted by molar-refractivity contribution is -0.123. The maximum absolute atomic E-state index is 11.7. The van der Waals surface area contributed by atoms with Crippen molar-refractivity contribution >= 4 is 5.91 Å². The number of nitrogens with one attached hydrogen (secondary N) is 1. The van der Waals surface area contributed by atoms with Crippen molar-refractivity contribution in [2.45, 2.75) is 12.1 Å². The predicted molar refractivity (Wildman–Crippen MR) is 64.3 cm³/mol. The van der Waals surface area contributed by atoms with Gasteiger partial charge in [0.1, 0.15) is 6.04 Å². The summed E-state index contributed by atoms with van der Waals surface area (Å²) in [6, 6.07) is 8.36. The molecule has 1 aromatic rings. The minimum atomic E-state index is -0.717. The maximum Gasteiger partial charge on any atom is 0.241 e. The van der Waals surface area contributed by atoms with Gasteiger partial charge in [0, 0.05) is 13.7 Å². The number of nitrogens with two attached hydrogens (primary N) is 1. The molecule has 0 aromatic heterocycles. The molecule has 17 heavy (non-hydrogen) atoms. The van der Waals surface area contributed by atoms with Crippen molar-refractivity contribution in [3.63, 3.8) is 0 Å². The molecule has 0 fully saturated rings. The highest BCUT2D eigenvalue weighted by Gasteiger charge is 2.16. The number of aliphatic hydroxyl groups is 1. The van der Waals surface area contributed by atoms with E-state index in [1.54, 1.807) is 12.1 Å². The van der Waals surface area contributed by atoms with Crippen LogP contribution in [0.3, 0.4) is 0 Å². The van der Waals surface area contributed by atoms with E-state index in [2.05, 4.69) is 5.32 Å². The van der Waals surface area contributed by atoms with E-state index < -0.39 is 12.1 Å². The van der Waals surface area contributed by atoms with Crippen molar-refractivity contribution in [3.8, 4) is 0 Å². The molecule has 2 atom stereocenters. The number of amides is 1. The van der Waals surface area contributed by atoms with Crippen LogP contribution in [-0.4, -0.2) is 37.4 Å². The summed E-state index contributed by atoms with van der Waals surface area (Å²) in [4.78, 5) is 11.7. The van der Waals surface area contributed by atoms with Crippen LogP contribution in [0.4, 0.5) is 0 Å². The van der Waals surface area contributed by atoms with Crippen LogP contribution in [-0.2, 0) is 9.53 Å². The summed E-state index contributed by atoms with van der Waals surface area (Å²) in [5.41, 5.74) is 6.52. The van der Waals surface area contributed by atoms with Crippen molar-refractivity contribution in [1.82, 2.24) is 5.32 Å². The lowest BCUT2D eigenvalue weighted by Gasteiger charge is -2.14. The quantitative estimate of drug-likeness (QED) is 0.641. The third-order valence-corrected chi connectivity index (χ3v) is 2.31. The first kappa shape index (κ1) is 13.6.